The standard InChI is InChI=1S/C15H19N3O3/c1-9(16-10(2)19)14(20)17-12-5-7-13(8-6-12)18-15(21)11-3-4-11/h5-9,11H,3-4H2,1-2H3,(H,16,19)(H,17,20)(H,18,21). The zero-order valence-electron chi connectivity index (χ0n) is 12.1. The second kappa shape index (κ2) is 6.39. The molecule has 1 aliphatic rings. The lowest BCUT2D eigenvalue weighted by atomic mass is 10.2. The van der Waals surface area contributed by atoms with E-state index in [4.69, 9.17) is 0 Å². The van der Waals surface area contributed by atoms with Crippen molar-refractivity contribution in [3.8, 4) is 0 Å². The van der Waals surface area contributed by atoms with Gasteiger partial charge in [0.2, 0.25) is 17.7 Å². The Kier molecular flexibility index (Phi) is 4.57. The summed E-state index contributed by atoms with van der Waals surface area (Å²) in [7, 11) is 0. The molecule has 1 fully saturated rings. The first-order valence-electron chi connectivity index (χ1n) is 6.94. The summed E-state index contributed by atoms with van der Waals surface area (Å²) in [6, 6.07) is 6.29. The predicted octanol–water partition coefficient (Wildman–Crippen LogP) is 1.50. The molecule has 21 heavy (non-hydrogen) atoms. The van der Waals surface area contributed by atoms with Gasteiger partial charge in [-0.3, -0.25) is 14.4 Å². The van der Waals surface area contributed by atoms with Gasteiger partial charge in [0.25, 0.3) is 0 Å². The van der Waals surface area contributed by atoms with E-state index in [1.54, 1.807) is 31.2 Å². The molecule has 6 heteroatoms. The Morgan fingerprint density at radius 1 is 1.05 bits per heavy atom. The van der Waals surface area contributed by atoms with Gasteiger partial charge in [-0.1, -0.05) is 0 Å². The fourth-order valence-corrected chi connectivity index (χ4v) is 1.85. The van der Waals surface area contributed by atoms with Crippen LogP contribution in [-0.4, -0.2) is 23.8 Å². The molecule has 112 valence electrons. The average molecular weight is 289 g/mol. The molecule has 3 amide bonds. The average Bonchev–Trinajstić information content (AvgIpc) is 3.24. The number of hydrogen-bond donors (Lipinski definition) is 3. The SMILES string of the molecule is CC(=O)NC(C)C(=O)Nc1ccc(NC(=O)C2CC2)cc1. The van der Waals surface area contributed by atoms with Crippen molar-refractivity contribution in [1.29, 1.82) is 0 Å². The molecular weight excluding hydrogens is 270 g/mol. The van der Waals surface area contributed by atoms with E-state index in [-0.39, 0.29) is 23.6 Å². The monoisotopic (exact) mass is 289 g/mol. The predicted molar refractivity (Wildman–Crippen MR) is 79.7 cm³/mol. The third kappa shape index (κ3) is 4.59. The van der Waals surface area contributed by atoms with Gasteiger partial charge in [-0.25, -0.2) is 0 Å². The molecule has 6 nitrogen and oxygen atoms in total. The summed E-state index contributed by atoms with van der Waals surface area (Å²) in [5.41, 5.74) is 1.32. The number of carbonyl (C=O) groups is 3. The van der Waals surface area contributed by atoms with Crippen LogP contribution in [0.1, 0.15) is 26.7 Å². The van der Waals surface area contributed by atoms with Gasteiger partial charge in [0.15, 0.2) is 0 Å². The molecule has 1 aromatic rings. The molecule has 1 atom stereocenters. The van der Waals surface area contributed by atoms with Gasteiger partial charge >= 0.3 is 0 Å². The van der Waals surface area contributed by atoms with E-state index in [2.05, 4.69) is 16.0 Å². The molecule has 3 N–H and O–H groups in total. The molecule has 1 aromatic carbocycles. The van der Waals surface area contributed by atoms with Crippen molar-refractivity contribution < 1.29 is 14.4 Å². The van der Waals surface area contributed by atoms with E-state index in [1.165, 1.54) is 6.92 Å². The van der Waals surface area contributed by atoms with E-state index >= 15 is 0 Å². The number of hydrogen-bond acceptors (Lipinski definition) is 3. The van der Waals surface area contributed by atoms with Crippen molar-refractivity contribution in [2.45, 2.75) is 32.7 Å². The normalized spacial score (nSPS) is 15.0. The van der Waals surface area contributed by atoms with Crippen molar-refractivity contribution in [2.75, 3.05) is 10.6 Å². The van der Waals surface area contributed by atoms with Crippen molar-refractivity contribution >= 4 is 29.1 Å². The molecule has 1 saturated carbocycles. The molecule has 0 aliphatic heterocycles. The van der Waals surface area contributed by atoms with Crippen LogP contribution < -0.4 is 16.0 Å². The Bertz CT molecular complexity index is 550. The highest BCUT2D eigenvalue weighted by atomic mass is 16.2. The van der Waals surface area contributed by atoms with E-state index in [0.717, 1.165) is 12.8 Å². The van der Waals surface area contributed by atoms with Crippen LogP contribution in [0.5, 0.6) is 0 Å². The van der Waals surface area contributed by atoms with Gasteiger partial charge in [0.05, 0.1) is 0 Å². The molecule has 0 heterocycles. The van der Waals surface area contributed by atoms with Gasteiger partial charge in [0.1, 0.15) is 6.04 Å². The van der Waals surface area contributed by atoms with Crippen LogP contribution in [0.2, 0.25) is 0 Å². The van der Waals surface area contributed by atoms with E-state index in [0.29, 0.717) is 11.4 Å². The highest BCUT2D eigenvalue weighted by Gasteiger charge is 2.29. The van der Waals surface area contributed by atoms with Gasteiger partial charge < -0.3 is 16.0 Å². The Hall–Kier alpha value is -2.37. The lowest BCUT2D eigenvalue weighted by Gasteiger charge is -2.13. The first-order valence-corrected chi connectivity index (χ1v) is 6.94. The van der Waals surface area contributed by atoms with Gasteiger partial charge in [-0.05, 0) is 44.0 Å². The number of benzene rings is 1. The molecule has 1 unspecified atom stereocenters. The minimum atomic E-state index is -0.600. The minimum absolute atomic E-state index is 0.0473. The van der Waals surface area contributed by atoms with E-state index in [9.17, 15) is 14.4 Å². The summed E-state index contributed by atoms with van der Waals surface area (Å²) in [4.78, 5) is 34.3. The van der Waals surface area contributed by atoms with Crippen molar-refractivity contribution in [3.63, 3.8) is 0 Å². The fraction of sp³-hybridized carbons (Fsp3) is 0.400. The Morgan fingerprint density at radius 2 is 1.57 bits per heavy atom. The summed E-state index contributed by atoms with van der Waals surface area (Å²) >= 11 is 0. The molecule has 0 aromatic heterocycles. The highest BCUT2D eigenvalue weighted by Crippen LogP contribution is 2.30. The lowest BCUT2D eigenvalue weighted by Crippen LogP contribution is -2.40. The third-order valence-corrected chi connectivity index (χ3v) is 3.18. The summed E-state index contributed by atoms with van der Waals surface area (Å²) in [6.07, 6.45) is 1.92. The first-order chi connectivity index (χ1) is 9.95. The molecule has 0 bridgehead atoms. The topological polar surface area (TPSA) is 87.3 Å². The quantitative estimate of drug-likeness (QED) is 0.767. The smallest absolute Gasteiger partial charge is 0.246 e. The molecular formula is C15H19N3O3. The number of rotatable bonds is 5. The third-order valence-electron chi connectivity index (χ3n) is 3.18. The number of nitrogens with one attached hydrogen (secondary N) is 3. The van der Waals surface area contributed by atoms with Gasteiger partial charge in [-0.15, -0.1) is 0 Å². The van der Waals surface area contributed by atoms with Crippen LogP contribution in [0.15, 0.2) is 24.3 Å². The Morgan fingerprint density at radius 3 is 2.05 bits per heavy atom. The lowest BCUT2D eigenvalue weighted by molar-refractivity contribution is -0.124. The Balaban J connectivity index is 1.88. The fourth-order valence-electron chi connectivity index (χ4n) is 1.85. The molecule has 0 radical (unpaired) electrons. The highest BCUT2D eigenvalue weighted by molar-refractivity contribution is 5.97. The van der Waals surface area contributed by atoms with Gasteiger partial charge in [0, 0.05) is 24.2 Å². The molecule has 2 rings (SSSR count). The maximum absolute atomic E-state index is 11.8. The van der Waals surface area contributed by atoms with Crippen molar-refractivity contribution in [1.82, 2.24) is 5.32 Å². The molecule has 1 aliphatic carbocycles. The van der Waals surface area contributed by atoms with E-state index in [1.807, 2.05) is 0 Å². The minimum Gasteiger partial charge on any atom is -0.345 e. The zero-order valence-corrected chi connectivity index (χ0v) is 12.1. The van der Waals surface area contributed by atoms with Crippen LogP contribution in [0.25, 0.3) is 0 Å². The van der Waals surface area contributed by atoms with Crippen LogP contribution in [0.3, 0.4) is 0 Å². The molecule has 0 spiro atoms. The first kappa shape index (κ1) is 15.0. The number of carbonyl (C=O) groups excluding carboxylic acids is 3. The van der Waals surface area contributed by atoms with E-state index < -0.39 is 6.04 Å². The van der Waals surface area contributed by atoms with Crippen molar-refractivity contribution in [3.05, 3.63) is 24.3 Å². The Labute approximate surface area is 123 Å². The second-order valence-electron chi connectivity index (χ2n) is 5.25. The van der Waals surface area contributed by atoms with Crippen LogP contribution in [0.4, 0.5) is 11.4 Å². The summed E-state index contributed by atoms with van der Waals surface area (Å²) < 4.78 is 0. The second-order valence-corrected chi connectivity index (χ2v) is 5.25. The zero-order chi connectivity index (χ0) is 15.4. The van der Waals surface area contributed by atoms with Gasteiger partial charge in [-0.2, -0.15) is 0 Å². The van der Waals surface area contributed by atoms with Crippen LogP contribution >= 0.6 is 0 Å². The van der Waals surface area contributed by atoms with Crippen molar-refractivity contribution in [2.24, 2.45) is 5.92 Å². The maximum Gasteiger partial charge on any atom is 0.246 e. The molecule has 0 saturated heterocycles. The maximum atomic E-state index is 11.8. The summed E-state index contributed by atoms with van der Waals surface area (Å²) in [6.45, 7) is 2.97. The summed E-state index contributed by atoms with van der Waals surface area (Å²) in [5, 5.41) is 8.03. The number of anilines is 2. The summed E-state index contributed by atoms with van der Waals surface area (Å²) in [5.74, 6) is -0.343. The number of amides is 3. The van der Waals surface area contributed by atoms with Crippen LogP contribution in [-0.2, 0) is 14.4 Å². The van der Waals surface area contributed by atoms with Crippen LogP contribution in [0, 0.1) is 5.92 Å². The largest absolute Gasteiger partial charge is 0.345 e.